The van der Waals surface area contributed by atoms with Gasteiger partial charge in [0.25, 0.3) is 0 Å². The summed E-state index contributed by atoms with van der Waals surface area (Å²) in [5, 5.41) is 15.8. The first-order valence-electron chi connectivity index (χ1n) is 5.99. The van der Waals surface area contributed by atoms with Crippen LogP contribution in [0.25, 0.3) is 5.65 Å². The molecule has 0 aliphatic carbocycles. The molecular weight excluding hydrogens is 257 g/mol. The van der Waals surface area contributed by atoms with Gasteiger partial charge in [-0.15, -0.1) is 0 Å². The molecule has 0 saturated carbocycles. The fraction of sp³-hybridized carbons (Fsp3) is 0.0714. The van der Waals surface area contributed by atoms with Crippen molar-refractivity contribution in [3.05, 3.63) is 59.7 Å². The van der Waals surface area contributed by atoms with Gasteiger partial charge >= 0.3 is 0 Å². The van der Waals surface area contributed by atoms with Gasteiger partial charge in [0.1, 0.15) is 11.6 Å². The van der Waals surface area contributed by atoms with Crippen LogP contribution in [0.15, 0.2) is 42.7 Å². The third kappa shape index (κ3) is 2.29. The van der Waals surface area contributed by atoms with E-state index in [0.717, 1.165) is 5.65 Å². The minimum Gasteiger partial charge on any atom is -0.366 e. The van der Waals surface area contributed by atoms with E-state index < -0.39 is 5.82 Å². The molecule has 6 heteroatoms. The molecule has 1 aromatic carbocycles. The predicted octanol–water partition coefficient (Wildman–Crippen LogP) is 2.35. The second-order valence-electron chi connectivity index (χ2n) is 4.22. The van der Waals surface area contributed by atoms with Gasteiger partial charge in [-0.05, 0) is 18.2 Å². The van der Waals surface area contributed by atoms with Crippen LogP contribution in [0.2, 0.25) is 0 Å². The number of hydrogen-bond donors (Lipinski definition) is 1. The smallest absolute Gasteiger partial charge is 0.157 e. The fourth-order valence-electron chi connectivity index (χ4n) is 1.86. The van der Waals surface area contributed by atoms with Gasteiger partial charge in [-0.1, -0.05) is 6.07 Å². The SMILES string of the molecule is N#Cc1ccc(CNc2ccn3nccc3n2)c(F)c1. The number of rotatable bonds is 3. The third-order valence-electron chi connectivity index (χ3n) is 2.90. The normalized spacial score (nSPS) is 10.4. The quantitative estimate of drug-likeness (QED) is 0.791. The highest BCUT2D eigenvalue weighted by Crippen LogP contribution is 2.12. The lowest BCUT2D eigenvalue weighted by atomic mass is 10.1. The van der Waals surface area contributed by atoms with Gasteiger partial charge in [-0.25, -0.2) is 13.9 Å². The molecule has 0 radical (unpaired) electrons. The van der Waals surface area contributed by atoms with Crippen molar-refractivity contribution in [3.8, 4) is 6.07 Å². The van der Waals surface area contributed by atoms with Crippen LogP contribution in [0.5, 0.6) is 0 Å². The number of halogens is 1. The molecule has 20 heavy (non-hydrogen) atoms. The summed E-state index contributed by atoms with van der Waals surface area (Å²) in [6, 6.07) is 9.87. The number of aromatic nitrogens is 3. The van der Waals surface area contributed by atoms with Crippen molar-refractivity contribution >= 4 is 11.5 Å². The van der Waals surface area contributed by atoms with Gasteiger partial charge in [0.05, 0.1) is 17.8 Å². The summed E-state index contributed by atoms with van der Waals surface area (Å²) in [5.41, 5.74) is 1.51. The highest BCUT2D eigenvalue weighted by molar-refractivity contribution is 5.46. The number of anilines is 1. The molecular formula is C14H10FN5. The first-order valence-corrected chi connectivity index (χ1v) is 5.99. The topological polar surface area (TPSA) is 66.0 Å². The van der Waals surface area contributed by atoms with E-state index in [1.807, 2.05) is 6.07 Å². The molecule has 0 unspecified atom stereocenters. The molecule has 0 saturated heterocycles. The second-order valence-corrected chi connectivity index (χ2v) is 4.22. The van der Waals surface area contributed by atoms with Gasteiger partial charge in [0.2, 0.25) is 0 Å². The van der Waals surface area contributed by atoms with Gasteiger partial charge in [-0.2, -0.15) is 10.4 Å². The molecule has 0 amide bonds. The van der Waals surface area contributed by atoms with E-state index in [4.69, 9.17) is 5.26 Å². The van der Waals surface area contributed by atoms with Crippen LogP contribution in [-0.4, -0.2) is 14.6 Å². The Morgan fingerprint density at radius 2 is 2.20 bits per heavy atom. The lowest BCUT2D eigenvalue weighted by Crippen LogP contribution is -2.04. The zero-order valence-electron chi connectivity index (χ0n) is 10.4. The van der Waals surface area contributed by atoms with Gasteiger partial charge < -0.3 is 5.32 Å². The van der Waals surface area contributed by atoms with Gasteiger partial charge in [0.15, 0.2) is 5.65 Å². The van der Waals surface area contributed by atoms with E-state index in [2.05, 4.69) is 15.4 Å². The van der Waals surface area contributed by atoms with Crippen LogP contribution in [0.3, 0.4) is 0 Å². The third-order valence-corrected chi connectivity index (χ3v) is 2.90. The van der Waals surface area contributed by atoms with Crippen LogP contribution in [0.1, 0.15) is 11.1 Å². The number of fused-ring (bicyclic) bond motifs is 1. The van der Waals surface area contributed by atoms with Crippen LogP contribution in [0, 0.1) is 17.1 Å². The Kier molecular flexibility index (Phi) is 3.01. The molecule has 0 aliphatic heterocycles. The number of nitrogens with one attached hydrogen (secondary N) is 1. The lowest BCUT2D eigenvalue weighted by molar-refractivity contribution is 0.612. The van der Waals surface area contributed by atoms with E-state index in [9.17, 15) is 4.39 Å². The first kappa shape index (κ1) is 12.1. The summed E-state index contributed by atoms with van der Waals surface area (Å²) < 4.78 is 15.4. The van der Waals surface area contributed by atoms with Crippen molar-refractivity contribution in [1.82, 2.24) is 14.6 Å². The van der Waals surface area contributed by atoms with Crippen LogP contribution in [-0.2, 0) is 6.54 Å². The number of nitriles is 1. The van der Waals surface area contributed by atoms with Crippen molar-refractivity contribution < 1.29 is 4.39 Å². The molecule has 0 bridgehead atoms. The molecule has 0 spiro atoms. The minimum absolute atomic E-state index is 0.300. The number of nitrogens with zero attached hydrogens (tertiary/aromatic N) is 4. The second kappa shape index (κ2) is 4.97. The zero-order valence-corrected chi connectivity index (χ0v) is 10.4. The Labute approximate surface area is 114 Å². The van der Waals surface area contributed by atoms with Crippen molar-refractivity contribution in [3.63, 3.8) is 0 Å². The summed E-state index contributed by atoms with van der Waals surface area (Å²) in [6.07, 6.45) is 3.44. The highest BCUT2D eigenvalue weighted by atomic mass is 19.1. The summed E-state index contributed by atoms with van der Waals surface area (Å²) in [6.45, 7) is 0.300. The van der Waals surface area contributed by atoms with Crippen molar-refractivity contribution in [2.24, 2.45) is 0 Å². The Morgan fingerprint density at radius 3 is 3.00 bits per heavy atom. The van der Waals surface area contributed by atoms with Crippen LogP contribution >= 0.6 is 0 Å². The van der Waals surface area contributed by atoms with E-state index in [1.54, 1.807) is 41.2 Å². The maximum absolute atomic E-state index is 13.7. The highest BCUT2D eigenvalue weighted by Gasteiger charge is 2.04. The van der Waals surface area contributed by atoms with E-state index >= 15 is 0 Å². The minimum atomic E-state index is -0.401. The Bertz CT molecular complexity index is 803. The average Bonchev–Trinajstić information content (AvgIpc) is 2.93. The molecule has 2 heterocycles. The molecule has 98 valence electrons. The molecule has 3 rings (SSSR count). The maximum atomic E-state index is 13.7. The Hall–Kier alpha value is -2.94. The van der Waals surface area contributed by atoms with E-state index in [0.29, 0.717) is 23.5 Å². The summed E-state index contributed by atoms with van der Waals surface area (Å²) >= 11 is 0. The molecule has 3 aromatic rings. The van der Waals surface area contributed by atoms with E-state index in [1.165, 1.54) is 6.07 Å². The molecule has 0 aliphatic rings. The standard InChI is InChI=1S/C14H10FN5/c15-12-7-10(8-16)1-2-11(12)9-17-13-4-6-20-14(19-13)3-5-18-20/h1-7H,9H2,(H,17,19). The van der Waals surface area contributed by atoms with Crippen LogP contribution in [0.4, 0.5) is 10.2 Å². The van der Waals surface area contributed by atoms with Crippen molar-refractivity contribution in [2.75, 3.05) is 5.32 Å². The van der Waals surface area contributed by atoms with E-state index in [-0.39, 0.29) is 0 Å². The zero-order chi connectivity index (χ0) is 13.9. The van der Waals surface area contributed by atoms with Gasteiger partial charge in [-0.3, -0.25) is 0 Å². The summed E-state index contributed by atoms with van der Waals surface area (Å²) in [5.74, 6) is 0.240. The number of benzene rings is 1. The summed E-state index contributed by atoms with van der Waals surface area (Å²) in [4.78, 5) is 4.33. The van der Waals surface area contributed by atoms with Crippen LogP contribution < -0.4 is 5.32 Å². The largest absolute Gasteiger partial charge is 0.366 e. The van der Waals surface area contributed by atoms with Gasteiger partial charge in [0, 0.05) is 24.4 Å². The molecule has 0 atom stereocenters. The lowest BCUT2D eigenvalue weighted by Gasteiger charge is -2.07. The van der Waals surface area contributed by atoms with Crippen molar-refractivity contribution in [1.29, 1.82) is 5.26 Å². The molecule has 1 N–H and O–H groups in total. The molecule has 5 nitrogen and oxygen atoms in total. The monoisotopic (exact) mass is 267 g/mol. The number of hydrogen-bond acceptors (Lipinski definition) is 4. The predicted molar refractivity (Wildman–Crippen MR) is 71.4 cm³/mol. The van der Waals surface area contributed by atoms with Crippen molar-refractivity contribution in [2.45, 2.75) is 6.54 Å². The maximum Gasteiger partial charge on any atom is 0.157 e. The summed E-state index contributed by atoms with van der Waals surface area (Å²) in [7, 11) is 0. The first-order chi connectivity index (χ1) is 9.76. The molecule has 0 fully saturated rings. The average molecular weight is 267 g/mol. The Balaban J connectivity index is 1.77. The Morgan fingerprint density at radius 1 is 1.30 bits per heavy atom. The molecule has 2 aromatic heterocycles. The fourth-order valence-corrected chi connectivity index (χ4v) is 1.86.